The van der Waals surface area contributed by atoms with Crippen LogP contribution in [0.1, 0.15) is 45.4 Å². The number of amides is 3. The minimum Gasteiger partial charge on any atom is -0.391 e. The van der Waals surface area contributed by atoms with E-state index in [2.05, 4.69) is 15.6 Å². The topological polar surface area (TPSA) is 112 Å². The van der Waals surface area contributed by atoms with Gasteiger partial charge in [-0.2, -0.15) is 0 Å². The Labute approximate surface area is 198 Å². The van der Waals surface area contributed by atoms with E-state index in [-0.39, 0.29) is 30.7 Å². The molecule has 33 heavy (non-hydrogen) atoms. The van der Waals surface area contributed by atoms with Crippen LogP contribution in [0.15, 0.2) is 29.8 Å². The van der Waals surface area contributed by atoms with E-state index in [1.165, 1.54) is 11.8 Å². The number of likely N-dealkylation sites (tertiary alicyclic amines) is 1. The van der Waals surface area contributed by atoms with Gasteiger partial charge in [-0.25, -0.2) is 4.98 Å². The number of aromatic nitrogens is 1. The first-order valence-electron chi connectivity index (χ1n) is 11.0. The first-order chi connectivity index (χ1) is 15.5. The zero-order valence-electron chi connectivity index (χ0n) is 19.7. The van der Waals surface area contributed by atoms with Gasteiger partial charge in [0.2, 0.25) is 17.7 Å². The second-order valence-electron chi connectivity index (χ2n) is 9.58. The van der Waals surface area contributed by atoms with Crippen molar-refractivity contribution in [1.29, 1.82) is 0 Å². The number of hydrogen-bond acceptors (Lipinski definition) is 6. The zero-order chi connectivity index (χ0) is 24.3. The Morgan fingerprint density at radius 1 is 1.24 bits per heavy atom. The van der Waals surface area contributed by atoms with Gasteiger partial charge in [0.1, 0.15) is 12.1 Å². The molecule has 0 unspecified atom stereocenters. The molecule has 9 heteroatoms. The van der Waals surface area contributed by atoms with Crippen molar-refractivity contribution in [3.63, 3.8) is 0 Å². The smallest absolute Gasteiger partial charge is 0.246 e. The number of nitrogens with one attached hydrogen (secondary N) is 2. The van der Waals surface area contributed by atoms with E-state index in [4.69, 9.17) is 0 Å². The van der Waals surface area contributed by atoms with Gasteiger partial charge in [0.25, 0.3) is 0 Å². The van der Waals surface area contributed by atoms with Gasteiger partial charge in [-0.15, -0.1) is 11.3 Å². The number of hydrogen-bond donors (Lipinski definition) is 3. The van der Waals surface area contributed by atoms with E-state index in [1.54, 1.807) is 11.3 Å². The summed E-state index contributed by atoms with van der Waals surface area (Å²) in [6.07, 6.45) is -0.623. The van der Waals surface area contributed by atoms with Crippen LogP contribution >= 0.6 is 11.3 Å². The zero-order valence-corrected chi connectivity index (χ0v) is 20.5. The van der Waals surface area contributed by atoms with E-state index in [1.807, 2.05) is 57.5 Å². The monoisotopic (exact) mass is 472 g/mol. The number of carbonyl (C=O) groups excluding carboxylic acids is 3. The second kappa shape index (κ2) is 10.0. The summed E-state index contributed by atoms with van der Waals surface area (Å²) in [5.41, 5.74) is 4.26. The predicted octanol–water partition coefficient (Wildman–Crippen LogP) is 2.25. The standard InChI is InChI=1S/C24H32N4O4S/c1-14-20(33-13-26-14)17-8-6-16(7-9-17)11-25-22(31)19-10-18(30)12-28(19)23(32)21(24(3,4)5)27-15(2)29/h6-9,13,18-19,21,30H,10-12H2,1-5H3,(H,25,31)(H,27,29)/t18-,19-,21-/m0/s1. The van der Waals surface area contributed by atoms with Crippen LogP contribution in [0.25, 0.3) is 10.4 Å². The Kier molecular flexibility index (Phi) is 7.54. The average Bonchev–Trinajstić information content (AvgIpc) is 3.35. The number of aliphatic hydroxyl groups excluding tert-OH is 1. The van der Waals surface area contributed by atoms with Crippen LogP contribution in [-0.2, 0) is 20.9 Å². The van der Waals surface area contributed by atoms with Crippen molar-refractivity contribution in [1.82, 2.24) is 20.5 Å². The van der Waals surface area contributed by atoms with Gasteiger partial charge >= 0.3 is 0 Å². The summed E-state index contributed by atoms with van der Waals surface area (Å²) in [5.74, 6) is -1.00. The number of rotatable bonds is 6. The SMILES string of the molecule is CC(=O)N[C@@H](C(=O)N1C[C@@H](O)C[C@H]1C(=O)NCc1ccc(-c2scnc2C)cc1)C(C)(C)C. The lowest BCUT2D eigenvalue weighted by Gasteiger charge is -2.35. The quantitative estimate of drug-likeness (QED) is 0.597. The summed E-state index contributed by atoms with van der Waals surface area (Å²) in [4.78, 5) is 44.7. The minimum atomic E-state index is -0.793. The van der Waals surface area contributed by atoms with Crippen molar-refractivity contribution in [2.45, 2.75) is 65.8 Å². The fraction of sp³-hybridized carbons (Fsp3) is 0.500. The van der Waals surface area contributed by atoms with Crippen LogP contribution in [0.5, 0.6) is 0 Å². The number of thiazole rings is 1. The molecule has 3 rings (SSSR count). The van der Waals surface area contributed by atoms with Crippen molar-refractivity contribution in [3.8, 4) is 10.4 Å². The van der Waals surface area contributed by atoms with Gasteiger partial charge in [-0.3, -0.25) is 14.4 Å². The molecular weight excluding hydrogens is 440 g/mol. The molecule has 0 saturated carbocycles. The molecule has 1 aromatic heterocycles. The van der Waals surface area contributed by atoms with Gasteiger partial charge < -0.3 is 20.6 Å². The van der Waals surface area contributed by atoms with Gasteiger partial charge in [0, 0.05) is 26.4 Å². The molecule has 0 spiro atoms. The Balaban J connectivity index is 1.67. The molecule has 0 bridgehead atoms. The van der Waals surface area contributed by atoms with Crippen LogP contribution in [0.3, 0.4) is 0 Å². The normalized spacial score (nSPS) is 19.3. The molecule has 1 fully saturated rings. The molecule has 3 atom stereocenters. The lowest BCUT2D eigenvalue weighted by atomic mass is 9.85. The maximum absolute atomic E-state index is 13.3. The van der Waals surface area contributed by atoms with E-state index < -0.39 is 23.6 Å². The van der Waals surface area contributed by atoms with Crippen molar-refractivity contribution >= 4 is 29.1 Å². The van der Waals surface area contributed by atoms with Gasteiger partial charge in [0.05, 0.1) is 22.2 Å². The summed E-state index contributed by atoms with van der Waals surface area (Å²) < 4.78 is 0. The molecule has 1 aliphatic heterocycles. The Morgan fingerprint density at radius 2 is 1.91 bits per heavy atom. The minimum absolute atomic E-state index is 0.0615. The highest BCUT2D eigenvalue weighted by Crippen LogP contribution is 2.28. The number of benzene rings is 1. The molecule has 2 aromatic rings. The van der Waals surface area contributed by atoms with Crippen LogP contribution < -0.4 is 10.6 Å². The van der Waals surface area contributed by atoms with Crippen molar-refractivity contribution in [2.75, 3.05) is 6.54 Å². The number of β-amino-alcohol motifs (C(OH)–C–C–N with tert-alkyl or cyclic N) is 1. The molecule has 3 amide bonds. The van der Waals surface area contributed by atoms with Gasteiger partial charge in [0.15, 0.2) is 0 Å². The fourth-order valence-electron chi connectivity index (χ4n) is 3.98. The lowest BCUT2D eigenvalue weighted by Crippen LogP contribution is -2.57. The summed E-state index contributed by atoms with van der Waals surface area (Å²) >= 11 is 1.59. The molecule has 2 heterocycles. The van der Waals surface area contributed by atoms with Gasteiger partial charge in [-0.1, -0.05) is 45.0 Å². The van der Waals surface area contributed by atoms with Crippen molar-refractivity contribution in [2.24, 2.45) is 5.41 Å². The van der Waals surface area contributed by atoms with E-state index in [0.29, 0.717) is 6.54 Å². The maximum Gasteiger partial charge on any atom is 0.246 e. The van der Waals surface area contributed by atoms with E-state index >= 15 is 0 Å². The molecule has 1 saturated heterocycles. The third-order valence-electron chi connectivity index (χ3n) is 5.75. The highest BCUT2D eigenvalue weighted by atomic mass is 32.1. The summed E-state index contributed by atoms with van der Waals surface area (Å²) in [6.45, 7) is 9.26. The van der Waals surface area contributed by atoms with Crippen LogP contribution in [0.2, 0.25) is 0 Å². The van der Waals surface area contributed by atoms with Crippen molar-refractivity contribution in [3.05, 3.63) is 41.0 Å². The fourth-order valence-corrected chi connectivity index (χ4v) is 4.80. The molecule has 3 N–H and O–H groups in total. The molecule has 178 valence electrons. The highest BCUT2D eigenvalue weighted by Gasteiger charge is 2.44. The van der Waals surface area contributed by atoms with Crippen LogP contribution in [0.4, 0.5) is 0 Å². The Hall–Kier alpha value is -2.78. The number of aryl methyl sites for hydroxylation is 1. The largest absolute Gasteiger partial charge is 0.391 e. The molecule has 1 aliphatic rings. The third-order valence-corrected chi connectivity index (χ3v) is 6.73. The van der Waals surface area contributed by atoms with Crippen LogP contribution in [-0.4, -0.2) is 57.4 Å². The molecule has 0 radical (unpaired) electrons. The highest BCUT2D eigenvalue weighted by molar-refractivity contribution is 7.13. The molecule has 1 aromatic carbocycles. The maximum atomic E-state index is 13.3. The molecular formula is C24H32N4O4S. The second-order valence-corrected chi connectivity index (χ2v) is 10.4. The van der Waals surface area contributed by atoms with Crippen molar-refractivity contribution < 1.29 is 19.5 Å². The van der Waals surface area contributed by atoms with E-state index in [0.717, 1.165) is 21.7 Å². The Bertz CT molecular complexity index is 1010. The first kappa shape index (κ1) is 24.9. The molecule has 8 nitrogen and oxygen atoms in total. The first-order valence-corrected chi connectivity index (χ1v) is 11.9. The predicted molar refractivity (Wildman–Crippen MR) is 127 cm³/mol. The third kappa shape index (κ3) is 5.97. The average molecular weight is 473 g/mol. The lowest BCUT2D eigenvalue weighted by molar-refractivity contribution is -0.143. The molecule has 0 aliphatic carbocycles. The van der Waals surface area contributed by atoms with Crippen LogP contribution in [0, 0.1) is 12.3 Å². The Morgan fingerprint density at radius 3 is 2.45 bits per heavy atom. The van der Waals surface area contributed by atoms with E-state index in [9.17, 15) is 19.5 Å². The number of aliphatic hydroxyl groups is 1. The van der Waals surface area contributed by atoms with Gasteiger partial charge in [-0.05, 0) is 23.5 Å². The number of carbonyl (C=O) groups is 3. The summed E-state index contributed by atoms with van der Waals surface area (Å²) in [6, 6.07) is 6.32. The summed E-state index contributed by atoms with van der Waals surface area (Å²) in [5, 5.41) is 15.8. The number of nitrogens with zero attached hydrogens (tertiary/aromatic N) is 2. The summed E-state index contributed by atoms with van der Waals surface area (Å²) in [7, 11) is 0.